The highest BCUT2D eigenvalue weighted by Crippen LogP contribution is 2.34. The van der Waals surface area contributed by atoms with Crippen LogP contribution in [0.15, 0.2) is 52.5 Å². The predicted molar refractivity (Wildman–Crippen MR) is 66.5 cm³/mol. The summed E-state index contributed by atoms with van der Waals surface area (Å²) < 4.78 is 0. The zero-order valence-corrected chi connectivity index (χ0v) is 10.1. The molecule has 0 aliphatic rings. The number of nitrogens with zero attached hydrogens (tertiary/aromatic N) is 2. The molecule has 0 aliphatic carbocycles. The topological polar surface area (TPSA) is 56.0 Å². The number of rotatable bonds is 3. The maximum absolute atomic E-state index is 10.6. The van der Waals surface area contributed by atoms with Crippen LogP contribution in [0.5, 0.6) is 0 Å². The van der Waals surface area contributed by atoms with Gasteiger partial charge in [-0.1, -0.05) is 23.4 Å². The van der Waals surface area contributed by atoms with Gasteiger partial charge in [0.25, 0.3) is 5.69 Å². The number of aromatic nitrogens is 1. The maximum atomic E-state index is 10.6. The van der Waals surface area contributed by atoms with Gasteiger partial charge in [0.1, 0.15) is 0 Å². The first kappa shape index (κ1) is 11.9. The van der Waals surface area contributed by atoms with Crippen molar-refractivity contribution in [3.05, 3.63) is 57.9 Å². The van der Waals surface area contributed by atoms with Crippen molar-refractivity contribution in [1.82, 2.24) is 4.98 Å². The van der Waals surface area contributed by atoms with Crippen LogP contribution in [-0.4, -0.2) is 9.91 Å². The molecule has 17 heavy (non-hydrogen) atoms. The fourth-order valence-electron chi connectivity index (χ4n) is 1.22. The van der Waals surface area contributed by atoms with Crippen molar-refractivity contribution in [1.29, 1.82) is 0 Å². The monoisotopic (exact) mass is 266 g/mol. The van der Waals surface area contributed by atoms with Crippen LogP contribution in [0.3, 0.4) is 0 Å². The first-order valence-corrected chi connectivity index (χ1v) is 5.88. The first-order valence-electron chi connectivity index (χ1n) is 4.68. The predicted octanol–water partition coefficient (Wildman–Crippen LogP) is 3.79. The van der Waals surface area contributed by atoms with Crippen molar-refractivity contribution in [2.24, 2.45) is 0 Å². The van der Waals surface area contributed by atoms with Crippen molar-refractivity contribution >= 4 is 29.1 Å². The Bertz CT molecular complexity index is 548. The van der Waals surface area contributed by atoms with E-state index in [-0.39, 0.29) is 5.69 Å². The van der Waals surface area contributed by atoms with Gasteiger partial charge in [-0.3, -0.25) is 15.1 Å². The molecular formula is C11H7ClN2O2S. The second kappa shape index (κ2) is 5.16. The smallest absolute Gasteiger partial charge is 0.264 e. The molecule has 0 amide bonds. The lowest BCUT2D eigenvalue weighted by atomic mass is 10.3. The van der Waals surface area contributed by atoms with Gasteiger partial charge in [-0.25, -0.2) is 0 Å². The van der Waals surface area contributed by atoms with Crippen LogP contribution in [0, 0.1) is 10.1 Å². The minimum Gasteiger partial charge on any atom is -0.264 e. The Balaban J connectivity index is 2.26. The largest absolute Gasteiger partial charge is 0.270 e. The molecule has 0 atom stereocenters. The Morgan fingerprint density at radius 2 is 2.18 bits per heavy atom. The summed E-state index contributed by atoms with van der Waals surface area (Å²) in [6.45, 7) is 0. The molecule has 0 radical (unpaired) electrons. The lowest BCUT2D eigenvalue weighted by Crippen LogP contribution is -1.87. The Hall–Kier alpha value is -1.59. The van der Waals surface area contributed by atoms with Gasteiger partial charge in [0.2, 0.25) is 0 Å². The molecule has 2 rings (SSSR count). The first-order chi connectivity index (χ1) is 8.16. The maximum Gasteiger partial charge on any atom is 0.270 e. The lowest BCUT2D eigenvalue weighted by Gasteiger charge is -2.03. The molecule has 0 fully saturated rings. The van der Waals surface area contributed by atoms with E-state index in [0.717, 1.165) is 9.79 Å². The highest BCUT2D eigenvalue weighted by molar-refractivity contribution is 7.99. The molecule has 0 saturated carbocycles. The summed E-state index contributed by atoms with van der Waals surface area (Å²) in [5.41, 5.74) is -0.00876. The van der Waals surface area contributed by atoms with Crippen molar-refractivity contribution in [2.45, 2.75) is 9.79 Å². The average molecular weight is 267 g/mol. The van der Waals surface area contributed by atoms with Crippen molar-refractivity contribution in [3.63, 3.8) is 0 Å². The number of hydrogen-bond donors (Lipinski definition) is 0. The van der Waals surface area contributed by atoms with Crippen LogP contribution in [0.25, 0.3) is 0 Å². The molecule has 0 saturated heterocycles. The van der Waals surface area contributed by atoms with Gasteiger partial charge < -0.3 is 0 Å². The zero-order chi connectivity index (χ0) is 12.3. The number of nitro groups is 1. The van der Waals surface area contributed by atoms with Gasteiger partial charge in [0, 0.05) is 34.3 Å². The zero-order valence-electron chi connectivity index (χ0n) is 8.54. The summed E-state index contributed by atoms with van der Waals surface area (Å²) in [5.74, 6) is 0. The second-order valence-corrected chi connectivity index (χ2v) is 4.69. The van der Waals surface area contributed by atoms with Gasteiger partial charge in [-0.15, -0.1) is 0 Å². The highest BCUT2D eigenvalue weighted by atomic mass is 35.5. The standard InChI is InChI=1S/C11H7ClN2O2S/c12-10-6-8(14(15)16)3-4-11(10)17-9-2-1-5-13-7-9/h1-7H. The lowest BCUT2D eigenvalue weighted by molar-refractivity contribution is -0.384. The van der Waals surface area contributed by atoms with Crippen LogP contribution < -0.4 is 0 Å². The molecule has 86 valence electrons. The fourth-order valence-corrected chi connectivity index (χ4v) is 2.32. The van der Waals surface area contributed by atoms with Crippen LogP contribution in [0.4, 0.5) is 5.69 Å². The quantitative estimate of drug-likeness (QED) is 0.626. The third-order valence-corrected chi connectivity index (χ3v) is 3.47. The average Bonchev–Trinajstić information content (AvgIpc) is 2.33. The third kappa shape index (κ3) is 2.95. The van der Waals surface area contributed by atoms with E-state index in [9.17, 15) is 10.1 Å². The fraction of sp³-hybridized carbons (Fsp3) is 0. The normalized spacial score (nSPS) is 10.2. The second-order valence-electron chi connectivity index (χ2n) is 3.16. The summed E-state index contributed by atoms with van der Waals surface area (Å²) in [6.07, 6.45) is 3.39. The van der Waals surface area contributed by atoms with Crippen LogP contribution in [-0.2, 0) is 0 Å². The molecule has 4 nitrogen and oxygen atoms in total. The van der Waals surface area contributed by atoms with E-state index in [1.54, 1.807) is 18.5 Å². The van der Waals surface area contributed by atoms with Gasteiger partial charge in [0.15, 0.2) is 0 Å². The number of pyridine rings is 1. The number of benzene rings is 1. The van der Waals surface area contributed by atoms with Crippen LogP contribution in [0.1, 0.15) is 0 Å². The minimum atomic E-state index is -0.468. The molecule has 1 aromatic heterocycles. The summed E-state index contributed by atoms with van der Waals surface area (Å²) in [7, 11) is 0. The molecule has 1 heterocycles. The summed E-state index contributed by atoms with van der Waals surface area (Å²) in [5, 5.41) is 10.9. The third-order valence-electron chi connectivity index (χ3n) is 1.99. The van der Waals surface area contributed by atoms with Gasteiger partial charge >= 0.3 is 0 Å². The molecule has 0 aliphatic heterocycles. The Labute approximate surface area is 107 Å². The van der Waals surface area contributed by atoms with E-state index >= 15 is 0 Å². The molecule has 1 aromatic carbocycles. The number of nitro benzene ring substituents is 1. The number of halogens is 1. The molecule has 0 N–H and O–H groups in total. The summed E-state index contributed by atoms with van der Waals surface area (Å²) in [6, 6.07) is 8.14. The van der Waals surface area contributed by atoms with Gasteiger partial charge in [0.05, 0.1) is 9.95 Å². The number of non-ortho nitro benzene ring substituents is 1. The van der Waals surface area contributed by atoms with E-state index in [1.807, 2.05) is 12.1 Å². The van der Waals surface area contributed by atoms with Crippen molar-refractivity contribution < 1.29 is 4.92 Å². The SMILES string of the molecule is O=[N+]([O-])c1ccc(Sc2cccnc2)c(Cl)c1. The molecule has 6 heteroatoms. The van der Waals surface area contributed by atoms with Gasteiger partial charge in [-0.2, -0.15) is 0 Å². The summed E-state index contributed by atoms with van der Waals surface area (Å²) in [4.78, 5) is 15.8. The van der Waals surface area contributed by atoms with Crippen molar-refractivity contribution in [2.75, 3.05) is 0 Å². The van der Waals surface area contributed by atoms with E-state index in [1.165, 1.54) is 23.9 Å². The number of hydrogen-bond acceptors (Lipinski definition) is 4. The Morgan fingerprint density at radius 1 is 1.35 bits per heavy atom. The Kier molecular flexibility index (Phi) is 3.61. The molecule has 0 bridgehead atoms. The minimum absolute atomic E-state index is 0.00876. The molecule has 0 unspecified atom stereocenters. The van der Waals surface area contributed by atoms with Crippen LogP contribution >= 0.6 is 23.4 Å². The summed E-state index contributed by atoms with van der Waals surface area (Å²) >= 11 is 7.40. The van der Waals surface area contributed by atoms with Crippen molar-refractivity contribution in [3.8, 4) is 0 Å². The van der Waals surface area contributed by atoms with E-state index < -0.39 is 4.92 Å². The Morgan fingerprint density at radius 3 is 2.76 bits per heavy atom. The van der Waals surface area contributed by atoms with Gasteiger partial charge in [-0.05, 0) is 18.2 Å². The van der Waals surface area contributed by atoms with E-state index in [2.05, 4.69) is 4.98 Å². The van der Waals surface area contributed by atoms with E-state index in [4.69, 9.17) is 11.6 Å². The molecule has 0 spiro atoms. The molecular weight excluding hydrogens is 260 g/mol. The highest BCUT2D eigenvalue weighted by Gasteiger charge is 2.10. The van der Waals surface area contributed by atoms with E-state index in [0.29, 0.717) is 5.02 Å². The van der Waals surface area contributed by atoms with Crippen LogP contribution in [0.2, 0.25) is 5.02 Å². The molecule has 2 aromatic rings.